The molecule has 4 rings (SSSR count). The minimum absolute atomic E-state index is 0. The van der Waals surface area contributed by atoms with Crippen LogP contribution in [0, 0.1) is 0 Å². The minimum atomic E-state index is -1.12. The maximum Gasteiger partial charge on any atom is 0.410 e. The van der Waals surface area contributed by atoms with Crippen molar-refractivity contribution in [2.45, 2.75) is 65.0 Å². The zero-order chi connectivity index (χ0) is 26.6. The van der Waals surface area contributed by atoms with Gasteiger partial charge in [0.25, 0.3) is 0 Å². The SMILES string of the molecule is C.CC(C)(N)C(=O)N[C@H](COCc1ccccc1)c1nnc2scc(COC(=O)N3CCC[C@H]3C(N)=O)n12. The van der Waals surface area contributed by atoms with Crippen LogP contribution in [0.5, 0.6) is 0 Å². The molecule has 1 aromatic carbocycles. The van der Waals surface area contributed by atoms with Crippen molar-refractivity contribution in [2.24, 2.45) is 11.5 Å². The van der Waals surface area contributed by atoms with Gasteiger partial charge < -0.3 is 26.3 Å². The Hall–Kier alpha value is -3.55. The molecule has 2 atom stereocenters. The van der Waals surface area contributed by atoms with Crippen molar-refractivity contribution in [1.29, 1.82) is 0 Å². The molecule has 1 fully saturated rings. The van der Waals surface area contributed by atoms with Crippen LogP contribution in [0.2, 0.25) is 0 Å². The van der Waals surface area contributed by atoms with E-state index in [0.29, 0.717) is 42.5 Å². The third-order valence-electron chi connectivity index (χ3n) is 6.00. The van der Waals surface area contributed by atoms with Gasteiger partial charge in [0, 0.05) is 11.9 Å². The summed E-state index contributed by atoms with van der Waals surface area (Å²) < 4.78 is 13.2. The van der Waals surface area contributed by atoms with Crippen LogP contribution in [0.25, 0.3) is 4.96 Å². The van der Waals surface area contributed by atoms with Gasteiger partial charge in [0.1, 0.15) is 18.7 Å². The second kappa shape index (κ2) is 12.3. The zero-order valence-corrected chi connectivity index (χ0v) is 21.6. The molecule has 3 heterocycles. The number of nitrogens with two attached hydrogens (primary N) is 2. The predicted octanol–water partition coefficient (Wildman–Crippen LogP) is 2.12. The Bertz CT molecular complexity index is 1250. The maximum atomic E-state index is 12.8. The highest BCUT2D eigenvalue weighted by molar-refractivity contribution is 7.15. The number of benzene rings is 1. The van der Waals surface area contributed by atoms with E-state index in [1.807, 2.05) is 30.3 Å². The Kier molecular flexibility index (Phi) is 9.41. The van der Waals surface area contributed by atoms with Gasteiger partial charge in [-0.2, -0.15) is 0 Å². The highest BCUT2D eigenvalue weighted by atomic mass is 32.1. The summed E-state index contributed by atoms with van der Waals surface area (Å²) in [5.41, 5.74) is 11.9. The van der Waals surface area contributed by atoms with Gasteiger partial charge in [-0.15, -0.1) is 21.5 Å². The average Bonchev–Trinajstić information content (AvgIpc) is 3.59. The number of ether oxygens (including phenoxy) is 2. The first-order chi connectivity index (χ1) is 17.6. The van der Waals surface area contributed by atoms with Gasteiger partial charge in [0.15, 0.2) is 5.82 Å². The Morgan fingerprint density at radius 3 is 2.63 bits per heavy atom. The lowest BCUT2D eigenvalue weighted by molar-refractivity contribution is -0.126. The van der Waals surface area contributed by atoms with E-state index in [4.69, 9.17) is 20.9 Å². The summed E-state index contributed by atoms with van der Waals surface area (Å²) in [4.78, 5) is 39.0. The largest absolute Gasteiger partial charge is 0.443 e. The Morgan fingerprint density at radius 1 is 1.21 bits per heavy atom. The molecule has 1 saturated heterocycles. The number of hydrogen-bond acceptors (Lipinski definition) is 9. The van der Waals surface area contributed by atoms with E-state index in [2.05, 4.69) is 15.5 Å². The zero-order valence-electron chi connectivity index (χ0n) is 20.8. The lowest BCUT2D eigenvalue weighted by Crippen LogP contribution is -2.51. The van der Waals surface area contributed by atoms with Crippen LogP contribution in [0.1, 0.15) is 57.2 Å². The summed E-state index contributed by atoms with van der Waals surface area (Å²) in [6.45, 7) is 3.99. The van der Waals surface area contributed by atoms with E-state index in [1.165, 1.54) is 16.2 Å². The number of thiazole rings is 1. The van der Waals surface area contributed by atoms with Crippen molar-refractivity contribution >= 4 is 34.2 Å². The number of amides is 3. The summed E-state index contributed by atoms with van der Waals surface area (Å²) in [5, 5.41) is 13.2. The lowest BCUT2D eigenvalue weighted by atomic mass is 10.1. The van der Waals surface area contributed by atoms with Gasteiger partial charge in [0.05, 0.1) is 24.4 Å². The number of aromatic nitrogens is 3. The fraction of sp³-hybridized carbons (Fsp3) is 0.480. The molecule has 2 aromatic heterocycles. The number of carbonyl (C=O) groups is 3. The van der Waals surface area contributed by atoms with Crippen molar-refractivity contribution in [1.82, 2.24) is 24.8 Å². The number of rotatable bonds is 10. The molecule has 5 N–H and O–H groups in total. The van der Waals surface area contributed by atoms with E-state index in [1.54, 1.807) is 23.6 Å². The Balaban J connectivity index is 0.00000400. The third-order valence-corrected chi connectivity index (χ3v) is 6.87. The van der Waals surface area contributed by atoms with Gasteiger partial charge in [-0.3, -0.25) is 18.9 Å². The van der Waals surface area contributed by atoms with Crippen LogP contribution in [0.15, 0.2) is 35.7 Å². The van der Waals surface area contributed by atoms with E-state index < -0.39 is 29.6 Å². The smallest absolute Gasteiger partial charge is 0.410 e. The molecule has 0 unspecified atom stereocenters. The topological polar surface area (TPSA) is 167 Å². The van der Waals surface area contributed by atoms with Crippen molar-refractivity contribution in [3.63, 3.8) is 0 Å². The second-order valence-corrected chi connectivity index (χ2v) is 10.3. The first-order valence-corrected chi connectivity index (χ1v) is 12.8. The van der Waals surface area contributed by atoms with Gasteiger partial charge in [-0.05, 0) is 32.3 Å². The van der Waals surface area contributed by atoms with Crippen molar-refractivity contribution in [3.8, 4) is 0 Å². The number of nitrogens with one attached hydrogen (secondary N) is 1. The molecule has 0 spiro atoms. The fourth-order valence-corrected chi connectivity index (χ4v) is 4.84. The maximum absolute atomic E-state index is 12.8. The number of hydrogen-bond donors (Lipinski definition) is 3. The molecule has 3 aromatic rings. The van der Waals surface area contributed by atoms with Crippen molar-refractivity contribution in [2.75, 3.05) is 13.2 Å². The van der Waals surface area contributed by atoms with Crippen LogP contribution in [-0.2, 0) is 32.3 Å². The van der Waals surface area contributed by atoms with Gasteiger partial charge in [-0.25, -0.2) is 4.79 Å². The molecule has 38 heavy (non-hydrogen) atoms. The lowest BCUT2D eigenvalue weighted by Gasteiger charge is -2.24. The summed E-state index contributed by atoms with van der Waals surface area (Å²) in [6, 6.07) is 8.32. The summed E-state index contributed by atoms with van der Waals surface area (Å²) in [5.74, 6) is -0.512. The van der Waals surface area contributed by atoms with Crippen LogP contribution in [0.4, 0.5) is 4.79 Å². The van der Waals surface area contributed by atoms with Gasteiger partial charge in [-0.1, -0.05) is 37.8 Å². The number of carbonyl (C=O) groups excluding carboxylic acids is 3. The monoisotopic (exact) mass is 545 g/mol. The van der Waals surface area contributed by atoms with Crippen LogP contribution >= 0.6 is 11.3 Å². The standard InChI is InChI=1S/C24H31N7O5S.CH4/c1-24(2,26)21(33)27-17(13-35-11-15-7-4-3-5-8-15)20-28-29-22-31(20)16(14-37-22)12-36-23(34)30-10-6-9-18(30)19(25)32;/h3-5,7-8,14,17-18H,6,9-13,26H2,1-2H3,(H2,25,32)(H,27,33);1H4/t17-,18+;/m1./s1. The van der Waals surface area contributed by atoms with E-state index >= 15 is 0 Å². The molecule has 0 aliphatic carbocycles. The Morgan fingerprint density at radius 2 is 1.95 bits per heavy atom. The highest BCUT2D eigenvalue weighted by Crippen LogP contribution is 2.24. The number of primary amides is 1. The Labute approximate surface area is 225 Å². The first kappa shape index (κ1) is 29.0. The number of likely N-dealkylation sites (tertiary alicyclic amines) is 1. The molecule has 12 nitrogen and oxygen atoms in total. The van der Waals surface area contributed by atoms with Crippen LogP contribution in [-0.4, -0.2) is 62.1 Å². The second-order valence-electron chi connectivity index (χ2n) is 9.46. The highest BCUT2D eigenvalue weighted by Gasteiger charge is 2.34. The van der Waals surface area contributed by atoms with E-state index in [0.717, 1.165) is 5.56 Å². The van der Waals surface area contributed by atoms with Crippen LogP contribution < -0.4 is 16.8 Å². The molecule has 0 saturated carbocycles. The molecular weight excluding hydrogens is 510 g/mol. The quantitative estimate of drug-likeness (QED) is 0.348. The summed E-state index contributed by atoms with van der Waals surface area (Å²) >= 11 is 1.32. The predicted molar refractivity (Wildman–Crippen MR) is 142 cm³/mol. The molecule has 13 heteroatoms. The molecule has 1 aliphatic heterocycles. The first-order valence-electron chi connectivity index (χ1n) is 11.9. The minimum Gasteiger partial charge on any atom is -0.443 e. The molecular formula is C25H35N7O5S. The molecule has 206 valence electrons. The van der Waals surface area contributed by atoms with Crippen molar-refractivity contribution in [3.05, 3.63) is 52.8 Å². The van der Waals surface area contributed by atoms with Crippen LogP contribution in [0.3, 0.4) is 0 Å². The number of nitrogens with zero attached hydrogens (tertiary/aromatic N) is 4. The fourth-order valence-electron chi connectivity index (χ4n) is 4.02. The summed E-state index contributed by atoms with van der Waals surface area (Å²) in [7, 11) is 0. The molecule has 3 amide bonds. The third kappa shape index (κ3) is 6.65. The molecule has 0 radical (unpaired) electrons. The van der Waals surface area contributed by atoms with Crippen molar-refractivity contribution < 1.29 is 23.9 Å². The van der Waals surface area contributed by atoms with E-state index in [9.17, 15) is 14.4 Å². The average molecular weight is 546 g/mol. The molecule has 0 bridgehead atoms. The van der Waals surface area contributed by atoms with E-state index in [-0.39, 0.29) is 26.5 Å². The number of fused-ring (bicyclic) bond motifs is 1. The molecule has 1 aliphatic rings. The van der Waals surface area contributed by atoms with Gasteiger partial charge in [0.2, 0.25) is 16.8 Å². The normalized spacial score (nSPS) is 16.2. The van der Waals surface area contributed by atoms with Gasteiger partial charge >= 0.3 is 6.09 Å². The summed E-state index contributed by atoms with van der Waals surface area (Å²) in [6.07, 6.45) is 0.587.